The topological polar surface area (TPSA) is 6.48 Å². The number of piperazine rings is 1. The van der Waals surface area contributed by atoms with Crippen LogP contribution < -0.4 is 4.90 Å². The second-order valence-corrected chi connectivity index (χ2v) is 7.04. The summed E-state index contributed by atoms with van der Waals surface area (Å²) >= 11 is 0. The largest absolute Gasteiger partial charge is 0.365 e. The standard InChI is InChI=1S/C18H27FN2/c1-13(2)18-12-20-9-5-4-6-16(20)11-21(18)15-7-8-17(19)14(3)10-15/h7-8,10,13,16,18H,4-6,9,11-12H2,1-3H3. The van der Waals surface area contributed by atoms with Gasteiger partial charge in [0, 0.05) is 30.9 Å². The number of nitrogens with zero attached hydrogens (tertiary/aromatic N) is 2. The average Bonchev–Trinajstić information content (AvgIpc) is 2.48. The van der Waals surface area contributed by atoms with Crippen molar-refractivity contribution in [2.45, 2.75) is 52.1 Å². The minimum absolute atomic E-state index is 0.101. The van der Waals surface area contributed by atoms with Gasteiger partial charge in [-0.15, -0.1) is 0 Å². The molecule has 2 aliphatic heterocycles. The van der Waals surface area contributed by atoms with Crippen LogP contribution in [0.5, 0.6) is 0 Å². The van der Waals surface area contributed by atoms with Crippen molar-refractivity contribution >= 4 is 5.69 Å². The van der Waals surface area contributed by atoms with Gasteiger partial charge in [0.15, 0.2) is 0 Å². The quantitative estimate of drug-likeness (QED) is 0.816. The molecule has 1 aromatic rings. The van der Waals surface area contributed by atoms with Gasteiger partial charge in [0.2, 0.25) is 0 Å². The summed E-state index contributed by atoms with van der Waals surface area (Å²) in [4.78, 5) is 5.21. The summed E-state index contributed by atoms with van der Waals surface area (Å²) in [6.07, 6.45) is 4.00. The molecular weight excluding hydrogens is 263 g/mol. The van der Waals surface area contributed by atoms with Gasteiger partial charge in [0.25, 0.3) is 0 Å². The van der Waals surface area contributed by atoms with Crippen molar-refractivity contribution in [1.29, 1.82) is 0 Å². The Morgan fingerprint density at radius 1 is 1.19 bits per heavy atom. The second-order valence-electron chi connectivity index (χ2n) is 7.04. The van der Waals surface area contributed by atoms with Crippen molar-refractivity contribution in [1.82, 2.24) is 4.90 Å². The normalized spacial score (nSPS) is 27.0. The highest BCUT2D eigenvalue weighted by molar-refractivity contribution is 5.50. The third-order valence-corrected chi connectivity index (χ3v) is 5.22. The fourth-order valence-corrected chi connectivity index (χ4v) is 3.88. The summed E-state index contributed by atoms with van der Waals surface area (Å²) in [5, 5.41) is 0. The molecule has 0 radical (unpaired) electrons. The molecule has 0 spiro atoms. The zero-order valence-corrected chi connectivity index (χ0v) is 13.5. The Morgan fingerprint density at radius 3 is 2.71 bits per heavy atom. The lowest BCUT2D eigenvalue weighted by Gasteiger charge is -2.50. The molecule has 2 nitrogen and oxygen atoms in total. The van der Waals surface area contributed by atoms with Crippen molar-refractivity contribution in [2.24, 2.45) is 5.92 Å². The maximum Gasteiger partial charge on any atom is 0.126 e. The van der Waals surface area contributed by atoms with Crippen LogP contribution in [-0.2, 0) is 0 Å². The smallest absolute Gasteiger partial charge is 0.126 e. The Balaban J connectivity index is 1.88. The fourth-order valence-electron chi connectivity index (χ4n) is 3.88. The molecule has 0 amide bonds. The Morgan fingerprint density at radius 2 is 2.00 bits per heavy atom. The molecule has 0 N–H and O–H groups in total. The van der Waals surface area contributed by atoms with Gasteiger partial charge in [-0.05, 0) is 56.0 Å². The molecule has 3 heteroatoms. The molecule has 0 aliphatic carbocycles. The summed E-state index contributed by atoms with van der Waals surface area (Å²) in [5.41, 5.74) is 1.94. The summed E-state index contributed by atoms with van der Waals surface area (Å²) in [7, 11) is 0. The molecule has 2 unspecified atom stereocenters. The van der Waals surface area contributed by atoms with E-state index in [4.69, 9.17) is 0 Å². The first-order chi connectivity index (χ1) is 10.1. The van der Waals surface area contributed by atoms with Crippen LogP contribution in [0.4, 0.5) is 10.1 Å². The first-order valence-corrected chi connectivity index (χ1v) is 8.33. The monoisotopic (exact) mass is 290 g/mol. The molecule has 116 valence electrons. The summed E-state index contributed by atoms with van der Waals surface area (Å²) < 4.78 is 13.6. The number of piperidine rings is 1. The average molecular weight is 290 g/mol. The highest BCUT2D eigenvalue weighted by Gasteiger charge is 2.36. The highest BCUT2D eigenvalue weighted by Crippen LogP contribution is 2.31. The van der Waals surface area contributed by atoms with Gasteiger partial charge in [-0.2, -0.15) is 0 Å². The Kier molecular flexibility index (Phi) is 4.21. The van der Waals surface area contributed by atoms with Crippen molar-refractivity contribution in [3.63, 3.8) is 0 Å². The number of aryl methyl sites for hydroxylation is 1. The Hall–Kier alpha value is -1.09. The number of benzene rings is 1. The van der Waals surface area contributed by atoms with Gasteiger partial charge >= 0.3 is 0 Å². The molecule has 0 aromatic heterocycles. The van der Waals surface area contributed by atoms with Crippen LogP contribution >= 0.6 is 0 Å². The maximum atomic E-state index is 13.6. The minimum Gasteiger partial charge on any atom is -0.365 e. The molecule has 2 heterocycles. The molecule has 1 aromatic carbocycles. The number of fused-ring (bicyclic) bond motifs is 1. The molecule has 2 atom stereocenters. The van der Waals surface area contributed by atoms with Crippen molar-refractivity contribution in [2.75, 3.05) is 24.5 Å². The number of halogens is 1. The number of hydrogen-bond donors (Lipinski definition) is 0. The summed E-state index contributed by atoms with van der Waals surface area (Å²) in [6.45, 7) is 9.97. The van der Waals surface area contributed by atoms with Gasteiger partial charge in [-0.1, -0.05) is 20.3 Å². The second kappa shape index (κ2) is 5.96. The predicted molar refractivity (Wildman–Crippen MR) is 86.3 cm³/mol. The maximum absolute atomic E-state index is 13.6. The zero-order chi connectivity index (χ0) is 15.0. The van der Waals surface area contributed by atoms with Gasteiger partial charge in [-0.25, -0.2) is 4.39 Å². The molecule has 0 bridgehead atoms. The van der Waals surface area contributed by atoms with Crippen LogP contribution in [0, 0.1) is 18.7 Å². The van der Waals surface area contributed by atoms with E-state index in [1.54, 1.807) is 6.07 Å². The summed E-state index contributed by atoms with van der Waals surface area (Å²) in [6, 6.07) is 6.80. The molecule has 21 heavy (non-hydrogen) atoms. The van der Waals surface area contributed by atoms with Gasteiger partial charge in [-0.3, -0.25) is 4.90 Å². The first-order valence-electron chi connectivity index (χ1n) is 8.33. The lowest BCUT2D eigenvalue weighted by molar-refractivity contribution is 0.100. The van der Waals surface area contributed by atoms with E-state index < -0.39 is 0 Å². The number of anilines is 1. The van der Waals surface area contributed by atoms with E-state index in [9.17, 15) is 4.39 Å². The van der Waals surface area contributed by atoms with Crippen molar-refractivity contribution in [3.05, 3.63) is 29.6 Å². The summed E-state index contributed by atoms with van der Waals surface area (Å²) in [5.74, 6) is 0.509. The van der Waals surface area contributed by atoms with E-state index in [2.05, 4.69) is 23.6 Å². The van der Waals surface area contributed by atoms with E-state index in [1.165, 1.54) is 31.5 Å². The SMILES string of the molecule is Cc1cc(N2CC3CCCCN3CC2C(C)C)ccc1F. The van der Waals surface area contributed by atoms with Crippen LogP contribution in [0.1, 0.15) is 38.7 Å². The minimum atomic E-state index is -0.101. The molecule has 0 saturated carbocycles. The highest BCUT2D eigenvalue weighted by atomic mass is 19.1. The van der Waals surface area contributed by atoms with E-state index in [0.29, 0.717) is 18.0 Å². The van der Waals surface area contributed by atoms with E-state index in [1.807, 2.05) is 19.1 Å². The van der Waals surface area contributed by atoms with Crippen molar-refractivity contribution in [3.8, 4) is 0 Å². The molecule has 3 rings (SSSR count). The zero-order valence-electron chi connectivity index (χ0n) is 13.5. The van der Waals surface area contributed by atoms with E-state index in [-0.39, 0.29) is 5.82 Å². The van der Waals surface area contributed by atoms with E-state index >= 15 is 0 Å². The van der Waals surface area contributed by atoms with Crippen LogP contribution in [0.25, 0.3) is 0 Å². The van der Waals surface area contributed by atoms with Gasteiger partial charge < -0.3 is 4.90 Å². The van der Waals surface area contributed by atoms with Crippen LogP contribution in [0.2, 0.25) is 0 Å². The van der Waals surface area contributed by atoms with Gasteiger partial charge in [0.05, 0.1) is 0 Å². The fraction of sp³-hybridized carbons (Fsp3) is 0.667. The van der Waals surface area contributed by atoms with Gasteiger partial charge in [0.1, 0.15) is 5.82 Å². The predicted octanol–water partition coefficient (Wildman–Crippen LogP) is 3.83. The van der Waals surface area contributed by atoms with Crippen molar-refractivity contribution < 1.29 is 4.39 Å². The van der Waals surface area contributed by atoms with Crippen LogP contribution in [0.3, 0.4) is 0 Å². The molecule has 2 saturated heterocycles. The molecule has 2 aliphatic rings. The lowest BCUT2D eigenvalue weighted by Crippen LogP contribution is -2.61. The van der Waals surface area contributed by atoms with Crippen LogP contribution in [0.15, 0.2) is 18.2 Å². The first kappa shape index (κ1) is 14.8. The third-order valence-electron chi connectivity index (χ3n) is 5.22. The lowest BCUT2D eigenvalue weighted by atomic mass is 9.91. The van der Waals surface area contributed by atoms with E-state index in [0.717, 1.165) is 18.7 Å². The Labute approximate surface area is 127 Å². The molecular formula is C18H27FN2. The Bertz CT molecular complexity index is 500. The van der Waals surface area contributed by atoms with Crippen LogP contribution in [-0.4, -0.2) is 36.6 Å². The molecule has 2 fully saturated rings. The third kappa shape index (κ3) is 2.94. The number of rotatable bonds is 2. The number of hydrogen-bond acceptors (Lipinski definition) is 2.